The van der Waals surface area contributed by atoms with Crippen molar-refractivity contribution >= 4 is 11.3 Å². The Kier molecular flexibility index (Phi) is 5.27. The van der Waals surface area contributed by atoms with Crippen LogP contribution < -0.4 is 0 Å². The Balaban J connectivity index is 1.38. The first-order chi connectivity index (χ1) is 12.3. The third kappa shape index (κ3) is 3.85. The summed E-state index contributed by atoms with van der Waals surface area (Å²) in [6.07, 6.45) is 4.30. The van der Waals surface area contributed by atoms with E-state index < -0.39 is 0 Å². The maximum Gasteiger partial charge on any atom is 0.117 e. The van der Waals surface area contributed by atoms with Gasteiger partial charge in [-0.2, -0.15) is 11.3 Å². The minimum absolute atomic E-state index is 0.422. The molecule has 4 nitrogen and oxygen atoms in total. The standard InChI is InChI=1S/C20H28N2O2S/c1-23-14-18-12-22(11-17-4-10-25-15-17)16-20(18)5-7-21(8-6-20)13-19-3-2-9-24-19/h2-4,9-10,15,18H,5-8,11-14,16H2,1H3/t18-/m0/s1. The number of methoxy groups -OCH3 is 1. The second kappa shape index (κ2) is 7.62. The summed E-state index contributed by atoms with van der Waals surface area (Å²) in [7, 11) is 1.85. The molecule has 0 aliphatic carbocycles. The van der Waals surface area contributed by atoms with Gasteiger partial charge in [-0.05, 0) is 65.9 Å². The molecular formula is C20H28N2O2S. The van der Waals surface area contributed by atoms with Crippen molar-refractivity contribution in [3.05, 3.63) is 46.5 Å². The lowest BCUT2D eigenvalue weighted by Gasteiger charge is -2.42. The van der Waals surface area contributed by atoms with Gasteiger partial charge in [-0.25, -0.2) is 0 Å². The minimum Gasteiger partial charge on any atom is -0.468 e. The Labute approximate surface area is 154 Å². The van der Waals surface area contributed by atoms with Gasteiger partial charge in [-0.1, -0.05) is 0 Å². The van der Waals surface area contributed by atoms with E-state index in [-0.39, 0.29) is 0 Å². The Morgan fingerprint density at radius 3 is 2.80 bits per heavy atom. The fourth-order valence-corrected chi connectivity index (χ4v) is 5.34. The van der Waals surface area contributed by atoms with Crippen molar-refractivity contribution in [2.24, 2.45) is 11.3 Å². The average Bonchev–Trinajstić information content (AvgIpc) is 3.34. The van der Waals surface area contributed by atoms with Gasteiger partial charge in [0.1, 0.15) is 5.76 Å². The van der Waals surface area contributed by atoms with E-state index in [1.807, 2.05) is 13.2 Å². The highest BCUT2D eigenvalue weighted by Crippen LogP contribution is 2.45. The molecule has 0 unspecified atom stereocenters. The zero-order valence-corrected chi connectivity index (χ0v) is 15.8. The van der Waals surface area contributed by atoms with E-state index >= 15 is 0 Å². The molecular weight excluding hydrogens is 332 g/mol. The van der Waals surface area contributed by atoms with Crippen LogP contribution in [0.4, 0.5) is 0 Å². The van der Waals surface area contributed by atoms with Crippen molar-refractivity contribution < 1.29 is 9.15 Å². The van der Waals surface area contributed by atoms with Crippen LogP contribution >= 0.6 is 11.3 Å². The molecule has 2 saturated heterocycles. The van der Waals surface area contributed by atoms with Gasteiger partial charge in [0.2, 0.25) is 0 Å². The third-order valence-corrected chi connectivity index (χ3v) is 6.78. The molecule has 1 atom stereocenters. The molecule has 0 bridgehead atoms. The third-order valence-electron chi connectivity index (χ3n) is 6.05. The number of thiophene rings is 1. The molecule has 2 aromatic rings. The molecule has 0 N–H and O–H groups in total. The van der Waals surface area contributed by atoms with Gasteiger partial charge >= 0.3 is 0 Å². The average molecular weight is 361 g/mol. The highest BCUT2D eigenvalue weighted by Gasteiger charge is 2.47. The molecule has 0 aromatic carbocycles. The van der Waals surface area contributed by atoms with Crippen LogP contribution in [0.1, 0.15) is 24.2 Å². The monoisotopic (exact) mass is 360 g/mol. The Morgan fingerprint density at radius 2 is 2.12 bits per heavy atom. The fraction of sp³-hybridized carbons (Fsp3) is 0.600. The number of hydrogen-bond donors (Lipinski definition) is 0. The van der Waals surface area contributed by atoms with Crippen LogP contribution in [-0.4, -0.2) is 49.7 Å². The first kappa shape index (κ1) is 17.3. The molecule has 0 radical (unpaired) electrons. The first-order valence-electron chi connectivity index (χ1n) is 9.24. The molecule has 0 amide bonds. The van der Waals surface area contributed by atoms with Gasteiger partial charge in [0, 0.05) is 32.7 Å². The van der Waals surface area contributed by atoms with Crippen molar-refractivity contribution in [1.82, 2.24) is 9.80 Å². The smallest absolute Gasteiger partial charge is 0.117 e. The lowest BCUT2D eigenvalue weighted by Crippen LogP contribution is -2.44. The van der Waals surface area contributed by atoms with Crippen LogP contribution in [0.3, 0.4) is 0 Å². The molecule has 2 aliphatic heterocycles. The summed E-state index contributed by atoms with van der Waals surface area (Å²) in [5, 5.41) is 4.46. The normalized spacial score (nSPS) is 24.3. The van der Waals surface area contributed by atoms with E-state index in [2.05, 4.69) is 32.7 Å². The summed E-state index contributed by atoms with van der Waals surface area (Å²) < 4.78 is 11.1. The summed E-state index contributed by atoms with van der Waals surface area (Å²) in [5.74, 6) is 1.73. The number of hydrogen-bond acceptors (Lipinski definition) is 5. The van der Waals surface area contributed by atoms with E-state index in [1.54, 1.807) is 17.6 Å². The highest BCUT2D eigenvalue weighted by atomic mass is 32.1. The van der Waals surface area contributed by atoms with Crippen LogP contribution in [0.5, 0.6) is 0 Å². The van der Waals surface area contributed by atoms with Crippen molar-refractivity contribution in [3.8, 4) is 0 Å². The van der Waals surface area contributed by atoms with Crippen LogP contribution in [0.2, 0.25) is 0 Å². The number of ether oxygens (including phenoxy) is 1. The Bertz CT molecular complexity index is 633. The summed E-state index contributed by atoms with van der Waals surface area (Å²) in [4.78, 5) is 5.18. The van der Waals surface area contributed by atoms with E-state index in [1.165, 1.54) is 31.5 Å². The van der Waals surface area contributed by atoms with E-state index in [4.69, 9.17) is 9.15 Å². The van der Waals surface area contributed by atoms with E-state index in [9.17, 15) is 0 Å². The molecule has 5 heteroatoms. The summed E-state index contributed by atoms with van der Waals surface area (Å²) in [6.45, 7) is 7.62. The second-order valence-electron chi connectivity index (χ2n) is 7.67. The summed E-state index contributed by atoms with van der Waals surface area (Å²) >= 11 is 1.80. The molecule has 0 saturated carbocycles. The number of furan rings is 1. The molecule has 2 fully saturated rings. The molecule has 136 valence electrons. The van der Waals surface area contributed by atoms with Crippen molar-refractivity contribution in [3.63, 3.8) is 0 Å². The van der Waals surface area contributed by atoms with Gasteiger partial charge in [-0.3, -0.25) is 9.80 Å². The zero-order valence-electron chi connectivity index (χ0n) is 15.0. The number of likely N-dealkylation sites (tertiary alicyclic amines) is 2. The predicted molar refractivity (Wildman–Crippen MR) is 101 cm³/mol. The SMILES string of the molecule is COC[C@@H]1CN(Cc2ccsc2)CC12CCN(Cc1ccco1)CC2. The van der Waals surface area contributed by atoms with Crippen molar-refractivity contribution in [2.45, 2.75) is 25.9 Å². The molecule has 25 heavy (non-hydrogen) atoms. The van der Waals surface area contributed by atoms with Crippen LogP contribution in [0, 0.1) is 11.3 Å². The Hall–Kier alpha value is -1.14. The quantitative estimate of drug-likeness (QED) is 0.785. The number of rotatable bonds is 6. The van der Waals surface area contributed by atoms with Crippen molar-refractivity contribution in [2.75, 3.05) is 39.9 Å². The van der Waals surface area contributed by atoms with Gasteiger partial charge in [0.25, 0.3) is 0 Å². The van der Waals surface area contributed by atoms with Crippen LogP contribution in [0.15, 0.2) is 39.6 Å². The molecule has 4 heterocycles. The van der Waals surface area contributed by atoms with Gasteiger partial charge in [-0.15, -0.1) is 0 Å². The van der Waals surface area contributed by atoms with Crippen molar-refractivity contribution in [1.29, 1.82) is 0 Å². The lowest BCUT2D eigenvalue weighted by molar-refractivity contribution is 0.0331. The zero-order chi connectivity index (χ0) is 17.1. The van der Waals surface area contributed by atoms with Gasteiger partial charge in [0.05, 0.1) is 19.4 Å². The minimum atomic E-state index is 0.422. The topological polar surface area (TPSA) is 28.9 Å². The van der Waals surface area contributed by atoms with Gasteiger partial charge in [0.15, 0.2) is 0 Å². The largest absolute Gasteiger partial charge is 0.468 e. The molecule has 4 rings (SSSR count). The summed E-state index contributed by atoms with van der Waals surface area (Å²) in [5.41, 5.74) is 1.87. The van der Waals surface area contributed by atoms with Crippen LogP contribution in [0.25, 0.3) is 0 Å². The van der Waals surface area contributed by atoms with Gasteiger partial charge < -0.3 is 9.15 Å². The predicted octanol–water partition coefficient (Wildman–Crippen LogP) is 3.70. The molecule has 2 aliphatic rings. The van der Waals surface area contributed by atoms with E-state index in [0.29, 0.717) is 11.3 Å². The summed E-state index contributed by atoms with van der Waals surface area (Å²) in [6, 6.07) is 6.32. The fourth-order valence-electron chi connectivity index (χ4n) is 4.68. The van der Waals surface area contributed by atoms with Crippen LogP contribution in [-0.2, 0) is 17.8 Å². The second-order valence-corrected chi connectivity index (χ2v) is 8.45. The maximum absolute atomic E-state index is 5.60. The number of nitrogens with zero attached hydrogens (tertiary/aromatic N) is 2. The van der Waals surface area contributed by atoms with E-state index in [0.717, 1.165) is 38.5 Å². The molecule has 2 aromatic heterocycles. The Morgan fingerprint density at radius 1 is 1.24 bits per heavy atom. The lowest BCUT2D eigenvalue weighted by atomic mass is 9.71. The molecule has 1 spiro atoms. The highest BCUT2D eigenvalue weighted by molar-refractivity contribution is 7.07. The maximum atomic E-state index is 5.60. The first-order valence-corrected chi connectivity index (χ1v) is 10.2. The number of piperidine rings is 1.